The van der Waals surface area contributed by atoms with Crippen molar-refractivity contribution in [3.63, 3.8) is 0 Å². The monoisotopic (exact) mass is 728 g/mol. The van der Waals surface area contributed by atoms with Gasteiger partial charge in [0, 0.05) is 38.6 Å². The number of ether oxygens (including phenoxy) is 1. The third-order valence-corrected chi connectivity index (χ3v) is 11.8. The number of hydrogen-bond acceptors (Lipinski definition) is 4. The van der Waals surface area contributed by atoms with E-state index in [2.05, 4.69) is 158 Å². The molecule has 0 N–H and O–H groups in total. The van der Waals surface area contributed by atoms with E-state index in [0.29, 0.717) is 5.82 Å². The van der Waals surface area contributed by atoms with Gasteiger partial charge in [-0.25, -0.2) is 9.97 Å². The molecule has 3 heterocycles. The molecule has 0 bridgehead atoms. The first-order valence-electron chi connectivity index (χ1n) is 19.3. The molecule has 0 saturated heterocycles. The first kappa shape index (κ1) is 31.8. The smallest absolute Gasteiger partial charge is 0.160 e. The van der Waals surface area contributed by atoms with Crippen molar-refractivity contribution in [3.8, 4) is 67.7 Å². The SMILES string of the molecule is c1ccc(-c2cc(-c3cccc(-c4ccc5c(c4)C4(c6ccccc6O5)c5ccccc5-c5ccccc54)c3)nc(-c3ccc4c(c3)oc3ccccc34)n2)cc1. The summed E-state index contributed by atoms with van der Waals surface area (Å²) in [4.78, 5) is 10.3. The molecule has 1 aliphatic carbocycles. The average Bonchev–Trinajstić information content (AvgIpc) is 3.80. The third-order valence-electron chi connectivity index (χ3n) is 11.8. The molecule has 57 heavy (non-hydrogen) atoms. The maximum Gasteiger partial charge on any atom is 0.160 e. The Morgan fingerprint density at radius 1 is 0.351 bits per heavy atom. The molecule has 8 aromatic carbocycles. The van der Waals surface area contributed by atoms with E-state index in [9.17, 15) is 0 Å². The van der Waals surface area contributed by atoms with Crippen LogP contribution in [-0.4, -0.2) is 9.97 Å². The van der Waals surface area contributed by atoms with Crippen LogP contribution in [0.4, 0.5) is 0 Å². The van der Waals surface area contributed by atoms with E-state index in [1.807, 2.05) is 36.4 Å². The Bertz CT molecular complexity index is 3190. The Morgan fingerprint density at radius 3 is 1.77 bits per heavy atom. The van der Waals surface area contributed by atoms with Gasteiger partial charge in [-0.1, -0.05) is 146 Å². The van der Waals surface area contributed by atoms with Crippen LogP contribution < -0.4 is 4.74 Å². The number of aromatic nitrogens is 2. The fourth-order valence-corrected chi connectivity index (χ4v) is 9.24. The predicted molar refractivity (Wildman–Crippen MR) is 228 cm³/mol. The molecule has 0 fully saturated rings. The summed E-state index contributed by atoms with van der Waals surface area (Å²) in [6.07, 6.45) is 0. The molecule has 1 spiro atoms. The van der Waals surface area contributed by atoms with E-state index in [1.54, 1.807) is 0 Å². The number of furan rings is 1. The van der Waals surface area contributed by atoms with Crippen molar-refractivity contribution in [2.24, 2.45) is 0 Å². The van der Waals surface area contributed by atoms with Crippen molar-refractivity contribution < 1.29 is 9.15 Å². The molecule has 266 valence electrons. The zero-order valence-corrected chi connectivity index (χ0v) is 30.7. The van der Waals surface area contributed by atoms with Crippen LogP contribution in [0.2, 0.25) is 0 Å². The summed E-state index contributed by atoms with van der Waals surface area (Å²) < 4.78 is 13.0. The molecule has 2 aromatic heterocycles. The van der Waals surface area contributed by atoms with E-state index < -0.39 is 5.41 Å². The van der Waals surface area contributed by atoms with E-state index in [4.69, 9.17) is 19.1 Å². The zero-order chi connectivity index (χ0) is 37.5. The van der Waals surface area contributed by atoms with Crippen LogP contribution in [-0.2, 0) is 5.41 Å². The number of fused-ring (bicyclic) bond motifs is 12. The molecule has 0 amide bonds. The lowest BCUT2D eigenvalue weighted by Gasteiger charge is -2.39. The van der Waals surface area contributed by atoms with Crippen LogP contribution in [0.15, 0.2) is 199 Å². The quantitative estimate of drug-likeness (QED) is 0.181. The highest BCUT2D eigenvalue weighted by atomic mass is 16.5. The number of hydrogen-bond donors (Lipinski definition) is 0. The lowest BCUT2D eigenvalue weighted by Crippen LogP contribution is -2.32. The van der Waals surface area contributed by atoms with Gasteiger partial charge in [-0.3, -0.25) is 0 Å². The summed E-state index contributed by atoms with van der Waals surface area (Å²) in [5.41, 5.74) is 15.3. The Morgan fingerprint density at radius 2 is 0.947 bits per heavy atom. The second-order valence-electron chi connectivity index (χ2n) is 14.9. The third kappa shape index (κ3) is 4.74. The topological polar surface area (TPSA) is 48.2 Å². The number of para-hydroxylation sites is 2. The van der Waals surface area contributed by atoms with Crippen molar-refractivity contribution in [1.82, 2.24) is 9.97 Å². The van der Waals surface area contributed by atoms with Crippen LogP contribution in [0.5, 0.6) is 11.5 Å². The molecule has 4 heteroatoms. The molecular weight excluding hydrogens is 697 g/mol. The highest BCUT2D eigenvalue weighted by Crippen LogP contribution is 2.62. The van der Waals surface area contributed by atoms with Crippen LogP contribution in [0.25, 0.3) is 78.1 Å². The first-order chi connectivity index (χ1) is 28.2. The van der Waals surface area contributed by atoms with Gasteiger partial charge in [-0.15, -0.1) is 0 Å². The fraction of sp³-hybridized carbons (Fsp3) is 0.0189. The molecule has 0 unspecified atom stereocenters. The Balaban J connectivity index is 1.02. The minimum absolute atomic E-state index is 0.530. The summed E-state index contributed by atoms with van der Waals surface area (Å²) in [5.74, 6) is 2.40. The van der Waals surface area contributed by atoms with Crippen molar-refractivity contribution in [2.45, 2.75) is 5.41 Å². The molecule has 1 aliphatic heterocycles. The van der Waals surface area contributed by atoms with Gasteiger partial charge in [0.1, 0.15) is 22.7 Å². The van der Waals surface area contributed by atoms with E-state index in [0.717, 1.165) is 83.8 Å². The fourth-order valence-electron chi connectivity index (χ4n) is 9.24. The van der Waals surface area contributed by atoms with Gasteiger partial charge in [0.15, 0.2) is 5.82 Å². The van der Waals surface area contributed by atoms with E-state index in [-0.39, 0.29) is 0 Å². The van der Waals surface area contributed by atoms with Gasteiger partial charge in [0.05, 0.1) is 16.8 Å². The van der Waals surface area contributed by atoms with Gasteiger partial charge in [-0.2, -0.15) is 0 Å². The maximum absolute atomic E-state index is 6.71. The number of nitrogens with zero attached hydrogens (tertiary/aromatic N) is 2. The molecular formula is C53H32N2O2. The minimum Gasteiger partial charge on any atom is -0.457 e. The predicted octanol–water partition coefficient (Wildman–Crippen LogP) is 13.5. The van der Waals surface area contributed by atoms with Gasteiger partial charge < -0.3 is 9.15 Å². The molecule has 12 rings (SSSR count). The molecule has 4 nitrogen and oxygen atoms in total. The Hall–Kier alpha value is -7.56. The molecule has 0 saturated carbocycles. The van der Waals surface area contributed by atoms with Crippen molar-refractivity contribution in [1.29, 1.82) is 0 Å². The summed E-state index contributed by atoms with van der Waals surface area (Å²) in [6.45, 7) is 0. The van der Waals surface area contributed by atoms with Crippen LogP contribution in [0.1, 0.15) is 22.3 Å². The maximum atomic E-state index is 6.71. The lowest BCUT2D eigenvalue weighted by atomic mass is 9.66. The van der Waals surface area contributed by atoms with Crippen molar-refractivity contribution in [2.75, 3.05) is 0 Å². The number of rotatable bonds is 4. The van der Waals surface area contributed by atoms with E-state index >= 15 is 0 Å². The average molecular weight is 729 g/mol. The summed E-state index contributed by atoms with van der Waals surface area (Å²) in [7, 11) is 0. The van der Waals surface area contributed by atoms with Gasteiger partial charge in [0.2, 0.25) is 0 Å². The van der Waals surface area contributed by atoms with Crippen LogP contribution in [0.3, 0.4) is 0 Å². The Kier molecular flexibility index (Phi) is 6.81. The Labute approximate surface area is 329 Å². The molecule has 0 radical (unpaired) electrons. The second-order valence-corrected chi connectivity index (χ2v) is 14.9. The normalized spacial score (nSPS) is 13.2. The van der Waals surface area contributed by atoms with Crippen LogP contribution in [0, 0.1) is 0 Å². The first-order valence-corrected chi connectivity index (χ1v) is 19.3. The molecule has 10 aromatic rings. The minimum atomic E-state index is -0.530. The van der Waals surface area contributed by atoms with Crippen LogP contribution >= 0.6 is 0 Å². The van der Waals surface area contributed by atoms with Gasteiger partial charge in [0.25, 0.3) is 0 Å². The number of benzene rings is 8. The second kappa shape index (κ2) is 12.2. The largest absolute Gasteiger partial charge is 0.457 e. The van der Waals surface area contributed by atoms with Crippen molar-refractivity contribution in [3.05, 3.63) is 216 Å². The summed E-state index contributed by atoms with van der Waals surface area (Å²) in [5, 5.41) is 2.17. The van der Waals surface area contributed by atoms with Gasteiger partial charge >= 0.3 is 0 Å². The lowest BCUT2D eigenvalue weighted by molar-refractivity contribution is 0.436. The highest BCUT2D eigenvalue weighted by molar-refractivity contribution is 6.05. The van der Waals surface area contributed by atoms with Crippen molar-refractivity contribution >= 4 is 21.9 Å². The summed E-state index contributed by atoms with van der Waals surface area (Å²) >= 11 is 0. The van der Waals surface area contributed by atoms with E-state index in [1.165, 1.54) is 22.3 Å². The summed E-state index contributed by atoms with van der Waals surface area (Å²) in [6, 6.07) is 68.3. The standard InChI is InChI=1S/C53H32N2O2/c1-2-13-33(14-3-1)46-32-47(55-52(54-46)37-25-27-41-40-19-6-10-23-48(40)56-51(41)31-37)36-16-12-15-34(29-36)35-26-28-50-45(30-35)53(44-22-9-11-24-49(44)57-50)42-20-7-4-17-38(42)39-18-5-8-21-43(39)53/h1-32H. The zero-order valence-electron chi connectivity index (χ0n) is 30.7. The molecule has 2 aliphatic rings. The molecule has 0 atom stereocenters. The highest BCUT2D eigenvalue weighted by Gasteiger charge is 2.51. The van der Waals surface area contributed by atoms with Gasteiger partial charge in [-0.05, 0) is 81.9 Å².